The van der Waals surface area contributed by atoms with Crippen molar-refractivity contribution in [2.24, 2.45) is 0 Å². The molecule has 0 aliphatic carbocycles. The quantitative estimate of drug-likeness (QED) is 0.863. The van der Waals surface area contributed by atoms with Gasteiger partial charge in [-0.25, -0.2) is 12.8 Å². The summed E-state index contributed by atoms with van der Waals surface area (Å²) in [6.45, 7) is 0.494. The Bertz CT molecular complexity index is 848. The molecule has 0 N–H and O–H groups in total. The average Bonchev–Trinajstić information content (AvgIpc) is 2.90. The van der Waals surface area contributed by atoms with Crippen molar-refractivity contribution in [2.75, 3.05) is 17.2 Å². The highest BCUT2D eigenvalue weighted by molar-refractivity contribution is 7.91. The number of fused-ring (bicyclic) bond motifs is 1. The minimum atomic E-state index is -3.65. The predicted octanol–water partition coefficient (Wildman–Crippen LogP) is 2.33. The molecule has 3 rings (SSSR count). The largest absolute Gasteiger partial charge is 0.311 e. The Balaban J connectivity index is 1.72. The summed E-state index contributed by atoms with van der Waals surface area (Å²) >= 11 is 0. The summed E-state index contributed by atoms with van der Waals surface area (Å²) in [5, 5.41) is 0. The summed E-state index contributed by atoms with van der Waals surface area (Å²) in [4.78, 5) is 13.9. The molecule has 6 heteroatoms. The number of rotatable bonds is 4. The van der Waals surface area contributed by atoms with Crippen molar-refractivity contribution >= 4 is 21.4 Å². The van der Waals surface area contributed by atoms with E-state index in [9.17, 15) is 17.6 Å². The maximum atomic E-state index is 13.1. The minimum absolute atomic E-state index is 0.341. The second-order valence-corrected chi connectivity index (χ2v) is 7.65. The Morgan fingerprint density at radius 2 is 1.91 bits per heavy atom. The molecule has 0 aromatic heterocycles. The van der Waals surface area contributed by atoms with Crippen LogP contribution in [0.1, 0.15) is 11.1 Å². The van der Waals surface area contributed by atoms with Crippen LogP contribution in [-0.4, -0.2) is 26.6 Å². The van der Waals surface area contributed by atoms with Gasteiger partial charge in [0, 0.05) is 12.2 Å². The Kier molecular flexibility index (Phi) is 4.17. The zero-order valence-electron chi connectivity index (χ0n) is 12.4. The van der Waals surface area contributed by atoms with Crippen molar-refractivity contribution in [1.29, 1.82) is 0 Å². The van der Waals surface area contributed by atoms with E-state index in [-0.39, 0.29) is 5.75 Å². The van der Waals surface area contributed by atoms with Crippen LogP contribution < -0.4 is 4.90 Å². The topological polar surface area (TPSA) is 54.5 Å². The van der Waals surface area contributed by atoms with Crippen molar-refractivity contribution < 1.29 is 17.6 Å². The number of benzene rings is 2. The van der Waals surface area contributed by atoms with E-state index < -0.39 is 27.3 Å². The summed E-state index contributed by atoms with van der Waals surface area (Å²) in [5.74, 6) is -1.84. The lowest BCUT2D eigenvalue weighted by Crippen LogP contribution is -2.34. The Hall–Kier alpha value is -2.21. The molecular formula is C17H16FNO3S. The third kappa shape index (κ3) is 3.59. The first kappa shape index (κ1) is 15.7. The van der Waals surface area contributed by atoms with Gasteiger partial charge in [0.1, 0.15) is 11.6 Å². The zero-order valence-corrected chi connectivity index (χ0v) is 13.2. The van der Waals surface area contributed by atoms with Gasteiger partial charge in [-0.1, -0.05) is 30.3 Å². The van der Waals surface area contributed by atoms with E-state index in [1.54, 1.807) is 0 Å². The third-order valence-electron chi connectivity index (χ3n) is 3.81. The molecule has 2 aromatic rings. The summed E-state index contributed by atoms with van der Waals surface area (Å²) in [6, 6.07) is 12.9. The van der Waals surface area contributed by atoms with Gasteiger partial charge in [0.2, 0.25) is 5.91 Å². The van der Waals surface area contributed by atoms with Gasteiger partial charge in [-0.15, -0.1) is 0 Å². The number of hydrogen-bond donors (Lipinski definition) is 0. The van der Waals surface area contributed by atoms with Gasteiger partial charge in [0.05, 0.1) is 5.75 Å². The highest BCUT2D eigenvalue weighted by atomic mass is 32.2. The smallest absolute Gasteiger partial charge is 0.242 e. The summed E-state index contributed by atoms with van der Waals surface area (Å²) in [6.07, 6.45) is 0.728. The molecule has 4 nitrogen and oxygen atoms in total. The van der Waals surface area contributed by atoms with E-state index in [0.717, 1.165) is 17.7 Å². The van der Waals surface area contributed by atoms with Crippen LogP contribution in [-0.2, 0) is 26.8 Å². The Morgan fingerprint density at radius 3 is 2.70 bits per heavy atom. The molecule has 0 radical (unpaired) electrons. The van der Waals surface area contributed by atoms with Gasteiger partial charge in [-0.2, -0.15) is 0 Å². The van der Waals surface area contributed by atoms with E-state index in [2.05, 4.69) is 0 Å². The number of amides is 1. The van der Waals surface area contributed by atoms with E-state index in [1.807, 2.05) is 24.3 Å². The minimum Gasteiger partial charge on any atom is -0.311 e. The summed E-state index contributed by atoms with van der Waals surface area (Å²) in [7, 11) is -3.65. The molecule has 0 spiro atoms. The second-order valence-electron chi connectivity index (χ2n) is 5.59. The predicted molar refractivity (Wildman–Crippen MR) is 86.4 cm³/mol. The molecule has 2 aromatic carbocycles. The number of halogens is 1. The van der Waals surface area contributed by atoms with Gasteiger partial charge in [0.15, 0.2) is 9.84 Å². The first-order chi connectivity index (χ1) is 10.9. The van der Waals surface area contributed by atoms with Crippen molar-refractivity contribution in [2.45, 2.75) is 12.2 Å². The molecule has 1 heterocycles. The lowest BCUT2D eigenvalue weighted by atomic mass is 10.2. The Morgan fingerprint density at radius 1 is 1.13 bits per heavy atom. The van der Waals surface area contributed by atoms with Crippen molar-refractivity contribution in [3.05, 3.63) is 65.5 Å². The van der Waals surface area contributed by atoms with Gasteiger partial charge in [0.25, 0.3) is 0 Å². The molecule has 0 unspecified atom stereocenters. The molecule has 23 heavy (non-hydrogen) atoms. The maximum Gasteiger partial charge on any atom is 0.242 e. The molecule has 0 atom stereocenters. The molecule has 1 aliphatic heterocycles. The fourth-order valence-electron chi connectivity index (χ4n) is 2.80. The fraction of sp³-hybridized carbons (Fsp3) is 0.235. The molecule has 1 amide bonds. The first-order valence-corrected chi connectivity index (χ1v) is 9.10. The number of carbonyl (C=O) groups is 1. The lowest BCUT2D eigenvalue weighted by molar-refractivity contribution is -0.116. The molecule has 0 saturated carbocycles. The molecule has 1 aliphatic rings. The SMILES string of the molecule is O=C(CS(=O)(=O)Cc1cccc(F)c1)N1CCc2ccccc21. The fourth-order valence-corrected chi connectivity index (χ4v) is 4.12. The standard InChI is InChI=1S/C17H16FNO3S/c18-15-6-3-4-13(10-15)11-23(21,22)12-17(20)19-9-8-14-5-1-2-7-16(14)19/h1-7,10H,8-9,11-12H2. The number of anilines is 1. The number of carbonyl (C=O) groups excluding carboxylic acids is 1. The van der Waals surface area contributed by atoms with E-state index in [0.29, 0.717) is 12.1 Å². The molecule has 0 bridgehead atoms. The van der Waals surface area contributed by atoms with Crippen molar-refractivity contribution in [3.8, 4) is 0 Å². The first-order valence-electron chi connectivity index (χ1n) is 7.28. The van der Waals surface area contributed by atoms with Crippen LogP contribution in [0.4, 0.5) is 10.1 Å². The van der Waals surface area contributed by atoms with Crippen molar-refractivity contribution in [1.82, 2.24) is 0 Å². The van der Waals surface area contributed by atoms with Crippen molar-refractivity contribution in [3.63, 3.8) is 0 Å². The highest BCUT2D eigenvalue weighted by Gasteiger charge is 2.28. The van der Waals surface area contributed by atoms with Gasteiger partial charge < -0.3 is 4.90 Å². The number of sulfone groups is 1. The van der Waals surface area contributed by atoms with Crippen LogP contribution in [0, 0.1) is 5.82 Å². The van der Waals surface area contributed by atoms with Gasteiger partial charge in [-0.05, 0) is 35.7 Å². The van der Waals surface area contributed by atoms with Crippen LogP contribution >= 0.6 is 0 Å². The maximum absolute atomic E-state index is 13.1. The zero-order chi connectivity index (χ0) is 16.4. The monoisotopic (exact) mass is 333 g/mol. The van der Waals surface area contributed by atoms with E-state index >= 15 is 0 Å². The highest BCUT2D eigenvalue weighted by Crippen LogP contribution is 2.27. The molecule has 0 fully saturated rings. The van der Waals surface area contributed by atoms with Crippen LogP contribution in [0.25, 0.3) is 0 Å². The lowest BCUT2D eigenvalue weighted by Gasteiger charge is -2.17. The average molecular weight is 333 g/mol. The number of nitrogens with zero attached hydrogens (tertiary/aromatic N) is 1. The Labute approximate surface area is 134 Å². The normalized spacial score (nSPS) is 13.9. The van der Waals surface area contributed by atoms with E-state index in [4.69, 9.17) is 0 Å². The van der Waals surface area contributed by atoms with Crippen LogP contribution in [0.15, 0.2) is 48.5 Å². The molecule has 0 saturated heterocycles. The summed E-state index contributed by atoms with van der Waals surface area (Å²) < 4.78 is 37.6. The van der Waals surface area contributed by atoms with E-state index in [1.165, 1.54) is 29.2 Å². The van der Waals surface area contributed by atoms with Crippen LogP contribution in [0.3, 0.4) is 0 Å². The molecular weight excluding hydrogens is 317 g/mol. The van der Waals surface area contributed by atoms with Gasteiger partial charge in [-0.3, -0.25) is 4.79 Å². The second kappa shape index (κ2) is 6.12. The third-order valence-corrected chi connectivity index (χ3v) is 5.27. The van der Waals surface area contributed by atoms with Crippen LogP contribution in [0.2, 0.25) is 0 Å². The molecule has 120 valence electrons. The van der Waals surface area contributed by atoms with Crippen LogP contribution in [0.5, 0.6) is 0 Å². The number of para-hydroxylation sites is 1. The number of hydrogen-bond acceptors (Lipinski definition) is 3. The summed E-state index contributed by atoms with van der Waals surface area (Å²) in [5.41, 5.74) is 2.17. The van der Waals surface area contributed by atoms with Gasteiger partial charge >= 0.3 is 0 Å².